The molecule has 2 heterocycles. The van der Waals surface area contributed by atoms with Gasteiger partial charge in [0.05, 0.1) is 6.10 Å². The maximum Gasteiger partial charge on any atom is 0.246 e. The average Bonchev–Trinajstić information content (AvgIpc) is 2.76. The van der Waals surface area contributed by atoms with E-state index in [0.29, 0.717) is 6.42 Å². The van der Waals surface area contributed by atoms with Crippen molar-refractivity contribution in [1.29, 1.82) is 5.26 Å². The lowest BCUT2D eigenvalue weighted by Gasteiger charge is -2.15. The summed E-state index contributed by atoms with van der Waals surface area (Å²) in [6.45, 7) is 0.339. The minimum Gasteiger partial charge on any atom is -0.392 e. The van der Waals surface area contributed by atoms with Gasteiger partial charge in [-0.3, -0.25) is 0 Å². The van der Waals surface area contributed by atoms with Crippen LogP contribution in [0.2, 0.25) is 0 Å². The Bertz CT molecular complexity index is 564. The molecule has 0 saturated carbocycles. The van der Waals surface area contributed by atoms with Crippen LogP contribution in [-0.2, 0) is 10.0 Å². The van der Waals surface area contributed by atoms with Crippen LogP contribution in [0.3, 0.4) is 0 Å². The number of β-amino-alcohol motifs (C(OH)–C–C–N with tert-alkyl or cyclic N) is 1. The van der Waals surface area contributed by atoms with Gasteiger partial charge >= 0.3 is 0 Å². The third kappa shape index (κ3) is 2.15. The summed E-state index contributed by atoms with van der Waals surface area (Å²) in [6.07, 6.45) is 1.16. The van der Waals surface area contributed by atoms with Gasteiger partial charge in [0.25, 0.3) is 0 Å². The number of rotatable bonds is 2. The van der Waals surface area contributed by atoms with E-state index in [1.165, 1.54) is 22.6 Å². The molecule has 0 amide bonds. The summed E-state index contributed by atoms with van der Waals surface area (Å²) in [4.78, 5) is 3.62. The van der Waals surface area contributed by atoms with Crippen molar-refractivity contribution >= 4 is 10.0 Å². The number of hydrogen-bond acceptors (Lipinski definition) is 5. The third-order valence-electron chi connectivity index (χ3n) is 2.62. The number of nitrogens with zero attached hydrogens (tertiary/aromatic N) is 3. The molecule has 1 unspecified atom stereocenters. The molecule has 0 aliphatic carbocycles. The van der Waals surface area contributed by atoms with E-state index in [0.717, 1.165) is 0 Å². The van der Waals surface area contributed by atoms with E-state index in [9.17, 15) is 13.5 Å². The molecule has 90 valence electrons. The van der Waals surface area contributed by atoms with Crippen molar-refractivity contribution in [2.45, 2.75) is 17.4 Å². The molecule has 1 saturated heterocycles. The molecule has 1 aliphatic rings. The van der Waals surface area contributed by atoms with Gasteiger partial charge in [-0.15, -0.1) is 0 Å². The summed E-state index contributed by atoms with van der Waals surface area (Å²) >= 11 is 0. The van der Waals surface area contributed by atoms with Crippen molar-refractivity contribution < 1.29 is 13.5 Å². The number of pyridine rings is 1. The second kappa shape index (κ2) is 4.41. The van der Waals surface area contributed by atoms with E-state index < -0.39 is 16.1 Å². The van der Waals surface area contributed by atoms with Gasteiger partial charge < -0.3 is 5.11 Å². The van der Waals surface area contributed by atoms with Crippen LogP contribution < -0.4 is 0 Å². The Morgan fingerprint density at radius 3 is 2.94 bits per heavy atom. The summed E-state index contributed by atoms with van der Waals surface area (Å²) in [5.41, 5.74) is -0.117. The van der Waals surface area contributed by atoms with E-state index in [-0.39, 0.29) is 23.7 Å². The highest BCUT2D eigenvalue weighted by atomic mass is 32.2. The second-order valence-corrected chi connectivity index (χ2v) is 5.67. The molecule has 1 aliphatic heterocycles. The SMILES string of the molecule is N#Cc1ncccc1S(=O)(=O)N1CCC(O)C1. The predicted octanol–water partition coefficient (Wildman–Crippen LogP) is -0.291. The van der Waals surface area contributed by atoms with Gasteiger partial charge in [0.15, 0.2) is 5.69 Å². The van der Waals surface area contributed by atoms with E-state index in [1.807, 2.05) is 0 Å². The standard InChI is InChI=1S/C10H11N3O3S/c11-6-9-10(2-1-4-12-9)17(15,16)13-5-3-8(14)7-13/h1-2,4,8,14H,3,5,7H2. The fourth-order valence-electron chi connectivity index (χ4n) is 1.75. The summed E-state index contributed by atoms with van der Waals surface area (Å²) in [5, 5.41) is 18.2. The van der Waals surface area contributed by atoms with Crippen molar-refractivity contribution in [1.82, 2.24) is 9.29 Å². The molecule has 0 radical (unpaired) electrons. The first-order valence-electron chi connectivity index (χ1n) is 5.09. The van der Waals surface area contributed by atoms with Crippen LogP contribution in [-0.4, -0.2) is 42.0 Å². The normalized spacial score (nSPS) is 21.3. The van der Waals surface area contributed by atoms with Crippen LogP contribution >= 0.6 is 0 Å². The Kier molecular flexibility index (Phi) is 3.11. The number of nitriles is 1. The molecule has 6 nitrogen and oxygen atoms in total. The van der Waals surface area contributed by atoms with E-state index in [1.54, 1.807) is 6.07 Å². The zero-order valence-electron chi connectivity index (χ0n) is 8.94. The molecule has 1 aromatic rings. The lowest BCUT2D eigenvalue weighted by Crippen LogP contribution is -2.30. The lowest BCUT2D eigenvalue weighted by atomic mass is 10.3. The number of aliphatic hydroxyl groups is 1. The Labute approximate surface area is 99.2 Å². The largest absolute Gasteiger partial charge is 0.392 e. The van der Waals surface area contributed by atoms with Gasteiger partial charge in [0.2, 0.25) is 10.0 Å². The molecular weight excluding hydrogens is 242 g/mol. The van der Waals surface area contributed by atoms with Crippen LogP contribution in [0.5, 0.6) is 0 Å². The topological polar surface area (TPSA) is 94.3 Å². The van der Waals surface area contributed by atoms with Crippen LogP contribution in [0.4, 0.5) is 0 Å². The van der Waals surface area contributed by atoms with Crippen LogP contribution in [0.15, 0.2) is 23.2 Å². The van der Waals surface area contributed by atoms with Crippen molar-refractivity contribution in [2.75, 3.05) is 13.1 Å². The Morgan fingerprint density at radius 1 is 1.59 bits per heavy atom. The minimum absolute atomic E-state index is 0.0715. The smallest absolute Gasteiger partial charge is 0.246 e. The van der Waals surface area contributed by atoms with Crippen LogP contribution in [0.25, 0.3) is 0 Å². The Balaban J connectivity index is 2.42. The van der Waals surface area contributed by atoms with Crippen molar-refractivity contribution in [3.63, 3.8) is 0 Å². The maximum absolute atomic E-state index is 12.2. The molecule has 0 spiro atoms. The third-order valence-corrected chi connectivity index (χ3v) is 4.52. The zero-order chi connectivity index (χ0) is 12.5. The van der Waals surface area contributed by atoms with E-state index >= 15 is 0 Å². The summed E-state index contributed by atoms with van der Waals surface area (Å²) in [6, 6.07) is 4.58. The van der Waals surface area contributed by atoms with Gasteiger partial charge in [0, 0.05) is 19.3 Å². The van der Waals surface area contributed by atoms with Crippen molar-refractivity contribution in [3.05, 3.63) is 24.0 Å². The molecule has 0 bridgehead atoms. The number of aliphatic hydroxyl groups excluding tert-OH is 1. The monoisotopic (exact) mass is 253 g/mol. The molecular formula is C10H11N3O3S. The molecule has 1 fully saturated rings. The van der Waals surface area contributed by atoms with Gasteiger partial charge in [0.1, 0.15) is 11.0 Å². The fraction of sp³-hybridized carbons (Fsp3) is 0.400. The molecule has 1 aromatic heterocycles. The van der Waals surface area contributed by atoms with Crippen molar-refractivity contribution in [2.24, 2.45) is 0 Å². The molecule has 0 aromatic carbocycles. The zero-order valence-corrected chi connectivity index (χ0v) is 9.76. The van der Waals surface area contributed by atoms with Crippen molar-refractivity contribution in [3.8, 4) is 6.07 Å². The highest BCUT2D eigenvalue weighted by Gasteiger charge is 2.33. The van der Waals surface area contributed by atoms with Crippen LogP contribution in [0.1, 0.15) is 12.1 Å². The van der Waals surface area contributed by atoms with Gasteiger partial charge in [-0.1, -0.05) is 0 Å². The lowest BCUT2D eigenvalue weighted by molar-refractivity contribution is 0.189. The van der Waals surface area contributed by atoms with Gasteiger partial charge in [-0.05, 0) is 18.6 Å². The number of hydrogen-bond donors (Lipinski definition) is 1. The van der Waals surface area contributed by atoms with Crippen LogP contribution in [0, 0.1) is 11.3 Å². The molecule has 7 heteroatoms. The average molecular weight is 253 g/mol. The van der Waals surface area contributed by atoms with E-state index in [4.69, 9.17) is 5.26 Å². The first kappa shape index (κ1) is 12.0. The molecule has 17 heavy (non-hydrogen) atoms. The summed E-state index contributed by atoms with van der Waals surface area (Å²) in [5.74, 6) is 0. The highest BCUT2D eigenvalue weighted by molar-refractivity contribution is 7.89. The Hall–Kier alpha value is -1.49. The minimum atomic E-state index is -3.73. The first-order chi connectivity index (χ1) is 8.05. The number of aromatic nitrogens is 1. The Morgan fingerprint density at radius 2 is 2.35 bits per heavy atom. The quantitative estimate of drug-likeness (QED) is 0.781. The second-order valence-electron chi connectivity index (χ2n) is 3.77. The first-order valence-corrected chi connectivity index (χ1v) is 6.53. The molecule has 1 atom stereocenters. The predicted molar refractivity (Wildman–Crippen MR) is 58.3 cm³/mol. The molecule has 1 N–H and O–H groups in total. The van der Waals surface area contributed by atoms with Gasteiger partial charge in [-0.25, -0.2) is 13.4 Å². The maximum atomic E-state index is 12.2. The number of sulfonamides is 1. The van der Waals surface area contributed by atoms with Gasteiger partial charge in [-0.2, -0.15) is 9.57 Å². The summed E-state index contributed by atoms with van der Waals surface area (Å²) < 4.78 is 25.5. The van der Waals surface area contributed by atoms with E-state index in [2.05, 4.69) is 4.98 Å². The molecule has 2 rings (SSSR count). The summed E-state index contributed by atoms with van der Waals surface area (Å²) in [7, 11) is -3.73. The highest BCUT2D eigenvalue weighted by Crippen LogP contribution is 2.22. The fourth-order valence-corrected chi connectivity index (χ4v) is 3.34.